The van der Waals surface area contributed by atoms with Crippen LogP contribution in [0.4, 0.5) is 5.13 Å². The van der Waals surface area contributed by atoms with Crippen LogP contribution in [-0.2, 0) is 0 Å². The summed E-state index contributed by atoms with van der Waals surface area (Å²) in [5.74, 6) is 0.0758. The van der Waals surface area contributed by atoms with Gasteiger partial charge in [0.15, 0.2) is 5.13 Å². The minimum Gasteiger partial charge on any atom is -0.298 e. The molecule has 2 aromatic carbocycles. The standard InChI is InChI=1S/C17H14Cl2N2OS/c1-9(2)11-4-3-5-14-15(11)20-17(23-14)21-16(22)12-7-6-10(18)8-13(12)19/h3-9H,1-2H3,(H,20,21,22). The second-order valence-electron chi connectivity index (χ2n) is 5.45. The van der Waals surface area contributed by atoms with Crippen molar-refractivity contribution < 1.29 is 4.79 Å². The molecule has 1 N–H and O–H groups in total. The van der Waals surface area contributed by atoms with Gasteiger partial charge in [0.2, 0.25) is 0 Å². The monoisotopic (exact) mass is 364 g/mol. The molecule has 0 saturated heterocycles. The molecule has 1 amide bonds. The zero-order chi connectivity index (χ0) is 16.6. The Balaban J connectivity index is 1.92. The summed E-state index contributed by atoms with van der Waals surface area (Å²) in [5.41, 5.74) is 2.48. The minimum absolute atomic E-state index is 0.295. The third-order valence-electron chi connectivity index (χ3n) is 3.47. The van der Waals surface area contributed by atoms with E-state index in [1.54, 1.807) is 18.2 Å². The number of fused-ring (bicyclic) bond motifs is 1. The summed E-state index contributed by atoms with van der Waals surface area (Å²) in [5, 5.41) is 4.19. The van der Waals surface area contributed by atoms with E-state index in [9.17, 15) is 4.79 Å². The highest BCUT2D eigenvalue weighted by Crippen LogP contribution is 2.32. The van der Waals surface area contributed by atoms with Crippen LogP contribution in [-0.4, -0.2) is 10.9 Å². The van der Waals surface area contributed by atoms with Crippen LogP contribution in [0.3, 0.4) is 0 Å². The Kier molecular flexibility index (Phi) is 4.57. The van der Waals surface area contributed by atoms with Gasteiger partial charge in [-0.25, -0.2) is 4.98 Å². The van der Waals surface area contributed by atoms with Gasteiger partial charge in [0.25, 0.3) is 5.91 Å². The Hall–Kier alpha value is -1.62. The van der Waals surface area contributed by atoms with E-state index in [1.165, 1.54) is 16.9 Å². The van der Waals surface area contributed by atoms with Crippen LogP contribution < -0.4 is 5.32 Å². The fraction of sp³-hybridized carbons (Fsp3) is 0.176. The minimum atomic E-state index is -0.295. The quantitative estimate of drug-likeness (QED) is 0.620. The van der Waals surface area contributed by atoms with E-state index in [0.717, 1.165) is 10.2 Å². The number of carbonyl (C=O) groups is 1. The summed E-state index contributed by atoms with van der Waals surface area (Å²) in [6.45, 7) is 4.25. The fourth-order valence-corrected chi connectivity index (χ4v) is 3.72. The van der Waals surface area contributed by atoms with Crippen molar-refractivity contribution in [2.24, 2.45) is 0 Å². The third-order valence-corrected chi connectivity index (χ3v) is 4.95. The van der Waals surface area contributed by atoms with E-state index < -0.39 is 0 Å². The lowest BCUT2D eigenvalue weighted by Gasteiger charge is -2.05. The molecule has 0 spiro atoms. The van der Waals surface area contributed by atoms with E-state index in [2.05, 4.69) is 30.2 Å². The molecule has 118 valence electrons. The van der Waals surface area contributed by atoms with Gasteiger partial charge in [0, 0.05) is 5.02 Å². The second-order valence-corrected chi connectivity index (χ2v) is 7.32. The van der Waals surface area contributed by atoms with Crippen LogP contribution in [0.1, 0.15) is 35.7 Å². The van der Waals surface area contributed by atoms with Crippen molar-refractivity contribution in [3.8, 4) is 0 Å². The summed E-state index contributed by atoms with van der Waals surface area (Å²) in [7, 11) is 0. The van der Waals surface area contributed by atoms with Gasteiger partial charge in [-0.05, 0) is 35.7 Å². The van der Waals surface area contributed by atoms with Crippen molar-refractivity contribution in [2.45, 2.75) is 19.8 Å². The summed E-state index contributed by atoms with van der Waals surface area (Å²) >= 11 is 13.4. The molecule has 0 aliphatic heterocycles. The Labute approximate surface area is 148 Å². The first-order chi connectivity index (χ1) is 11.0. The van der Waals surface area contributed by atoms with Gasteiger partial charge in [-0.2, -0.15) is 0 Å². The molecule has 0 bridgehead atoms. The smallest absolute Gasteiger partial charge is 0.258 e. The van der Waals surface area contributed by atoms with Gasteiger partial charge in [-0.1, -0.05) is 60.5 Å². The molecule has 23 heavy (non-hydrogen) atoms. The third kappa shape index (κ3) is 3.34. The van der Waals surface area contributed by atoms with Crippen molar-refractivity contribution in [1.82, 2.24) is 4.98 Å². The molecule has 0 saturated carbocycles. The maximum Gasteiger partial charge on any atom is 0.258 e. The molecule has 1 heterocycles. The number of hydrogen-bond donors (Lipinski definition) is 1. The van der Waals surface area contributed by atoms with Crippen LogP contribution in [0.25, 0.3) is 10.2 Å². The van der Waals surface area contributed by atoms with E-state index in [1.807, 2.05) is 12.1 Å². The summed E-state index contributed by atoms with van der Waals surface area (Å²) in [6.07, 6.45) is 0. The maximum absolute atomic E-state index is 12.4. The highest BCUT2D eigenvalue weighted by Gasteiger charge is 2.15. The number of aromatic nitrogens is 1. The molecule has 1 aromatic heterocycles. The number of rotatable bonds is 3. The Morgan fingerprint density at radius 2 is 2.00 bits per heavy atom. The summed E-state index contributed by atoms with van der Waals surface area (Å²) in [4.78, 5) is 16.9. The van der Waals surface area contributed by atoms with Crippen LogP contribution in [0.5, 0.6) is 0 Å². The van der Waals surface area contributed by atoms with Crippen LogP contribution >= 0.6 is 34.5 Å². The van der Waals surface area contributed by atoms with Gasteiger partial charge in [0.05, 0.1) is 20.8 Å². The highest BCUT2D eigenvalue weighted by atomic mass is 35.5. The van der Waals surface area contributed by atoms with Crippen molar-refractivity contribution in [3.63, 3.8) is 0 Å². The average molecular weight is 365 g/mol. The Bertz CT molecular complexity index is 889. The number of hydrogen-bond acceptors (Lipinski definition) is 3. The normalized spacial score (nSPS) is 11.2. The molecule has 0 aliphatic rings. The SMILES string of the molecule is CC(C)c1cccc2sc(NC(=O)c3ccc(Cl)cc3Cl)nc12. The first-order valence-electron chi connectivity index (χ1n) is 7.11. The van der Waals surface area contributed by atoms with Crippen molar-refractivity contribution in [2.75, 3.05) is 5.32 Å². The molecule has 3 aromatic rings. The largest absolute Gasteiger partial charge is 0.298 e. The van der Waals surface area contributed by atoms with Gasteiger partial charge in [0.1, 0.15) is 0 Å². The first-order valence-corrected chi connectivity index (χ1v) is 8.69. The molecule has 0 radical (unpaired) electrons. The molecule has 3 nitrogen and oxygen atoms in total. The molecule has 0 aliphatic carbocycles. The second kappa shape index (κ2) is 6.48. The maximum atomic E-state index is 12.4. The molecular weight excluding hydrogens is 351 g/mol. The molecule has 6 heteroatoms. The van der Waals surface area contributed by atoms with E-state index >= 15 is 0 Å². The van der Waals surface area contributed by atoms with Gasteiger partial charge in [-0.15, -0.1) is 0 Å². The number of thiazole rings is 1. The number of anilines is 1. The lowest BCUT2D eigenvalue weighted by Crippen LogP contribution is -2.12. The zero-order valence-corrected chi connectivity index (χ0v) is 14.9. The highest BCUT2D eigenvalue weighted by molar-refractivity contribution is 7.22. The lowest BCUT2D eigenvalue weighted by molar-refractivity contribution is 0.102. The average Bonchev–Trinajstić information content (AvgIpc) is 2.88. The topological polar surface area (TPSA) is 42.0 Å². The summed E-state index contributed by atoms with van der Waals surface area (Å²) in [6, 6.07) is 10.9. The molecule has 0 fully saturated rings. The predicted molar refractivity (Wildman–Crippen MR) is 98.1 cm³/mol. The fourth-order valence-electron chi connectivity index (χ4n) is 2.33. The Morgan fingerprint density at radius 3 is 2.70 bits per heavy atom. The number of benzene rings is 2. The molecular formula is C17H14Cl2N2OS. The van der Waals surface area contributed by atoms with Gasteiger partial charge < -0.3 is 0 Å². The lowest BCUT2D eigenvalue weighted by atomic mass is 10.0. The van der Waals surface area contributed by atoms with Crippen LogP contribution in [0.2, 0.25) is 10.0 Å². The van der Waals surface area contributed by atoms with Crippen molar-refractivity contribution in [3.05, 3.63) is 57.6 Å². The Morgan fingerprint density at radius 1 is 1.22 bits per heavy atom. The van der Waals surface area contributed by atoms with Gasteiger partial charge in [-0.3, -0.25) is 10.1 Å². The molecule has 3 rings (SSSR count). The van der Waals surface area contributed by atoms with Crippen molar-refractivity contribution in [1.29, 1.82) is 0 Å². The number of para-hydroxylation sites is 1. The van der Waals surface area contributed by atoms with Crippen molar-refractivity contribution >= 4 is 55.8 Å². The summed E-state index contributed by atoms with van der Waals surface area (Å²) < 4.78 is 1.05. The molecule has 0 unspecified atom stereocenters. The van der Waals surface area contributed by atoms with E-state index in [0.29, 0.717) is 26.7 Å². The number of nitrogens with zero attached hydrogens (tertiary/aromatic N) is 1. The first kappa shape index (κ1) is 16.2. The van der Waals surface area contributed by atoms with E-state index in [4.69, 9.17) is 23.2 Å². The number of nitrogens with one attached hydrogen (secondary N) is 1. The van der Waals surface area contributed by atoms with Crippen LogP contribution in [0.15, 0.2) is 36.4 Å². The number of amides is 1. The number of carbonyl (C=O) groups excluding carboxylic acids is 1. The zero-order valence-electron chi connectivity index (χ0n) is 12.6. The number of halogens is 2. The molecule has 0 atom stereocenters. The van der Waals surface area contributed by atoms with E-state index in [-0.39, 0.29) is 5.91 Å². The van der Waals surface area contributed by atoms with Gasteiger partial charge >= 0.3 is 0 Å². The van der Waals surface area contributed by atoms with Crippen LogP contribution in [0, 0.1) is 0 Å². The predicted octanol–water partition coefficient (Wildman–Crippen LogP) is 5.98.